The van der Waals surface area contributed by atoms with Gasteiger partial charge in [0, 0.05) is 18.9 Å². The van der Waals surface area contributed by atoms with Crippen molar-refractivity contribution < 1.29 is 14.3 Å². The van der Waals surface area contributed by atoms with Crippen LogP contribution in [0.5, 0.6) is 5.75 Å². The molecule has 0 saturated carbocycles. The van der Waals surface area contributed by atoms with Gasteiger partial charge in [0.25, 0.3) is 0 Å². The Morgan fingerprint density at radius 3 is 2.94 bits per heavy atom. The molecule has 0 saturated heterocycles. The molecule has 0 spiro atoms. The number of ketones is 1. The van der Waals surface area contributed by atoms with Crippen LogP contribution in [0.15, 0.2) is 12.1 Å². The largest absolute Gasteiger partial charge is 0.493 e. The molecule has 1 aromatic carbocycles. The van der Waals surface area contributed by atoms with Crippen molar-refractivity contribution in [3.8, 4) is 5.75 Å². The van der Waals surface area contributed by atoms with Crippen LogP contribution in [0.25, 0.3) is 0 Å². The van der Waals surface area contributed by atoms with Crippen molar-refractivity contribution in [3.63, 3.8) is 0 Å². The van der Waals surface area contributed by atoms with Gasteiger partial charge in [0.2, 0.25) is 5.91 Å². The van der Waals surface area contributed by atoms with Crippen molar-refractivity contribution in [1.82, 2.24) is 5.32 Å². The Labute approximate surface area is 105 Å². The van der Waals surface area contributed by atoms with Crippen LogP contribution in [0.4, 0.5) is 0 Å². The smallest absolute Gasteiger partial charge is 0.217 e. The summed E-state index contributed by atoms with van der Waals surface area (Å²) in [5, 5.41) is 2.71. The molecular formula is C14H15NO3. The summed E-state index contributed by atoms with van der Waals surface area (Å²) in [6.45, 7) is 2.14. The van der Waals surface area contributed by atoms with E-state index in [4.69, 9.17) is 4.74 Å². The molecule has 0 radical (unpaired) electrons. The summed E-state index contributed by atoms with van der Waals surface area (Å²) < 4.78 is 5.49. The Bertz CT molecular complexity index is 536. The molecule has 1 amide bonds. The van der Waals surface area contributed by atoms with Crippen molar-refractivity contribution in [3.05, 3.63) is 28.8 Å². The SMILES string of the molecule is CC(=O)NC1CCc2cc3c(cc2C1=O)OCC3. The fourth-order valence-corrected chi connectivity index (χ4v) is 2.71. The van der Waals surface area contributed by atoms with E-state index in [1.807, 2.05) is 6.07 Å². The normalized spacial score (nSPS) is 20.9. The zero-order chi connectivity index (χ0) is 12.7. The minimum atomic E-state index is -0.380. The number of hydrogen-bond acceptors (Lipinski definition) is 3. The van der Waals surface area contributed by atoms with Gasteiger partial charge < -0.3 is 10.1 Å². The van der Waals surface area contributed by atoms with Crippen LogP contribution in [-0.2, 0) is 17.6 Å². The molecule has 0 fully saturated rings. The van der Waals surface area contributed by atoms with Crippen LogP contribution in [0.1, 0.15) is 34.8 Å². The van der Waals surface area contributed by atoms with Gasteiger partial charge in [-0.05, 0) is 30.0 Å². The Morgan fingerprint density at radius 1 is 1.33 bits per heavy atom. The van der Waals surface area contributed by atoms with Crippen LogP contribution >= 0.6 is 0 Å². The maximum absolute atomic E-state index is 12.3. The van der Waals surface area contributed by atoms with E-state index in [0.717, 1.165) is 24.2 Å². The zero-order valence-electron chi connectivity index (χ0n) is 10.3. The van der Waals surface area contributed by atoms with E-state index in [1.165, 1.54) is 12.5 Å². The van der Waals surface area contributed by atoms with Crippen molar-refractivity contribution in [2.24, 2.45) is 0 Å². The van der Waals surface area contributed by atoms with Gasteiger partial charge in [0.1, 0.15) is 5.75 Å². The highest BCUT2D eigenvalue weighted by molar-refractivity contribution is 6.04. The number of fused-ring (bicyclic) bond motifs is 2. The van der Waals surface area contributed by atoms with Gasteiger partial charge in [-0.3, -0.25) is 9.59 Å². The maximum atomic E-state index is 12.3. The molecule has 94 valence electrons. The van der Waals surface area contributed by atoms with Crippen molar-refractivity contribution >= 4 is 11.7 Å². The minimum Gasteiger partial charge on any atom is -0.493 e. The molecule has 4 heteroatoms. The standard InChI is InChI=1S/C14H15NO3/c1-8(16)15-12-3-2-9-6-10-4-5-18-13(10)7-11(9)14(12)17/h6-7,12H,2-5H2,1H3,(H,15,16). The van der Waals surface area contributed by atoms with Gasteiger partial charge in [-0.25, -0.2) is 0 Å². The lowest BCUT2D eigenvalue weighted by Crippen LogP contribution is -2.42. The summed E-state index contributed by atoms with van der Waals surface area (Å²) in [5.41, 5.74) is 2.99. The maximum Gasteiger partial charge on any atom is 0.217 e. The Morgan fingerprint density at radius 2 is 2.17 bits per heavy atom. The number of nitrogens with one attached hydrogen (secondary N) is 1. The third kappa shape index (κ3) is 1.78. The third-order valence-electron chi connectivity index (χ3n) is 3.58. The number of benzene rings is 1. The molecule has 0 bridgehead atoms. The molecule has 1 unspecified atom stereocenters. The Hall–Kier alpha value is -1.84. The summed E-state index contributed by atoms with van der Waals surface area (Å²) in [5.74, 6) is 0.671. The average Bonchev–Trinajstić information content (AvgIpc) is 2.77. The number of Topliss-reactive ketones (excluding diaryl/α,β-unsaturated/α-hetero) is 1. The lowest BCUT2D eigenvalue weighted by atomic mass is 9.85. The second-order valence-electron chi connectivity index (χ2n) is 4.87. The first kappa shape index (κ1) is 11.3. The van der Waals surface area contributed by atoms with Crippen LogP contribution in [-0.4, -0.2) is 24.3 Å². The van der Waals surface area contributed by atoms with Crippen molar-refractivity contribution in [2.45, 2.75) is 32.2 Å². The molecule has 18 heavy (non-hydrogen) atoms. The van der Waals surface area contributed by atoms with Gasteiger partial charge >= 0.3 is 0 Å². The van der Waals surface area contributed by atoms with E-state index in [0.29, 0.717) is 18.6 Å². The molecule has 1 aromatic rings. The number of carbonyl (C=O) groups excluding carboxylic acids is 2. The highest BCUT2D eigenvalue weighted by Crippen LogP contribution is 2.32. The van der Waals surface area contributed by atoms with Crippen molar-refractivity contribution in [2.75, 3.05) is 6.61 Å². The predicted octanol–water partition coefficient (Wildman–Crippen LogP) is 1.26. The van der Waals surface area contributed by atoms with E-state index in [2.05, 4.69) is 11.4 Å². The lowest BCUT2D eigenvalue weighted by molar-refractivity contribution is -0.119. The number of carbonyl (C=O) groups is 2. The predicted molar refractivity (Wildman–Crippen MR) is 65.9 cm³/mol. The van der Waals surface area contributed by atoms with Gasteiger partial charge in [-0.1, -0.05) is 6.07 Å². The second-order valence-corrected chi connectivity index (χ2v) is 4.87. The van der Waals surface area contributed by atoms with Gasteiger partial charge in [-0.2, -0.15) is 0 Å². The quantitative estimate of drug-likeness (QED) is 0.810. The highest BCUT2D eigenvalue weighted by Gasteiger charge is 2.29. The number of hydrogen-bond donors (Lipinski definition) is 1. The minimum absolute atomic E-state index is 0.00440. The summed E-state index contributed by atoms with van der Waals surface area (Å²) in [6, 6.07) is 3.54. The fourth-order valence-electron chi connectivity index (χ4n) is 2.71. The molecule has 1 N–H and O–H groups in total. The lowest BCUT2D eigenvalue weighted by Gasteiger charge is -2.24. The summed E-state index contributed by atoms with van der Waals surface area (Å²) >= 11 is 0. The Balaban J connectivity index is 1.95. The highest BCUT2D eigenvalue weighted by atomic mass is 16.5. The average molecular weight is 245 g/mol. The van der Waals surface area contributed by atoms with E-state index in [1.54, 1.807) is 0 Å². The first-order chi connectivity index (χ1) is 8.65. The molecule has 1 aliphatic carbocycles. The first-order valence-corrected chi connectivity index (χ1v) is 6.25. The van der Waals surface area contributed by atoms with Crippen LogP contribution in [0, 0.1) is 0 Å². The second kappa shape index (κ2) is 4.12. The third-order valence-corrected chi connectivity index (χ3v) is 3.58. The summed E-state index contributed by atoms with van der Waals surface area (Å²) in [4.78, 5) is 23.4. The number of ether oxygens (including phenoxy) is 1. The van der Waals surface area contributed by atoms with E-state index >= 15 is 0 Å². The molecule has 4 nitrogen and oxygen atoms in total. The summed E-state index contributed by atoms with van der Waals surface area (Å²) in [7, 11) is 0. The first-order valence-electron chi connectivity index (χ1n) is 6.25. The molecule has 0 aromatic heterocycles. The summed E-state index contributed by atoms with van der Waals surface area (Å²) in [6.07, 6.45) is 2.44. The molecule has 1 heterocycles. The number of rotatable bonds is 1. The molecule has 3 rings (SSSR count). The molecule has 1 aliphatic heterocycles. The van der Waals surface area contributed by atoms with Gasteiger partial charge in [-0.15, -0.1) is 0 Å². The van der Waals surface area contributed by atoms with E-state index in [9.17, 15) is 9.59 Å². The molecular weight excluding hydrogens is 230 g/mol. The van der Waals surface area contributed by atoms with Gasteiger partial charge in [0.15, 0.2) is 5.78 Å². The number of amides is 1. The Kier molecular flexibility index (Phi) is 2.58. The zero-order valence-corrected chi connectivity index (χ0v) is 10.3. The van der Waals surface area contributed by atoms with Crippen molar-refractivity contribution in [1.29, 1.82) is 0 Å². The van der Waals surface area contributed by atoms with E-state index in [-0.39, 0.29) is 17.7 Å². The number of aryl methyl sites for hydroxylation is 1. The van der Waals surface area contributed by atoms with Gasteiger partial charge in [0.05, 0.1) is 12.6 Å². The van der Waals surface area contributed by atoms with E-state index < -0.39 is 0 Å². The monoisotopic (exact) mass is 245 g/mol. The fraction of sp³-hybridized carbons (Fsp3) is 0.429. The van der Waals surface area contributed by atoms with Crippen LogP contribution < -0.4 is 10.1 Å². The molecule has 1 atom stereocenters. The topological polar surface area (TPSA) is 55.4 Å². The van der Waals surface area contributed by atoms with Crippen LogP contribution in [0.2, 0.25) is 0 Å². The van der Waals surface area contributed by atoms with Crippen LogP contribution in [0.3, 0.4) is 0 Å². The molecule has 2 aliphatic rings.